The number of carbonyl (C=O) groups is 1. The van der Waals surface area contributed by atoms with Crippen molar-refractivity contribution in [1.82, 2.24) is 0 Å². The molecule has 0 spiro atoms. The number of carboxylic acid groups (broad SMARTS) is 1. The molecule has 50 valence electrons. The van der Waals surface area contributed by atoms with Crippen molar-refractivity contribution in [3.8, 4) is 0 Å². The van der Waals surface area contributed by atoms with Crippen LogP contribution in [-0.2, 0) is 4.79 Å². The molecule has 0 aliphatic heterocycles. The van der Waals surface area contributed by atoms with Crippen molar-refractivity contribution in [3.05, 3.63) is 23.6 Å². The average Bonchev–Trinajstić information content (AvgIpc) is 1.82. The van der Waals surface area contributed by atoms with E-state index in [0.29, 0.717) is 4.91 Å². The molecule has 9 heavy (non-hydrogen) atoms. The molecule has 0 unspecified atom stereocenters. The van der Waals surface area contributed by atoms with E-state index >= 15 is 0 Å². The fourth-order valence-electron chi connectivity index (χ4n) is 0.334. The van der Waals surface area contributed by atoms with E-state index in [2.05, 4.69) is 6.58 Å². The molecule has 0 aromatic heterocycles. The third kappa shape index (κ3) is 2.98. The Morgan fingerprint density at radius 3 is 2.44 bits per heavy atom. The Morgan fingerprint density at radius 1 is 1.78 bits per heavy atom. The smallest absolute Gasteiger partial charge is 0.342 e. The van der Waals surface area contributed by atoms with Crippen LogP contribution in [0.3, 0.4) is 0 Å². The third-order valence-electron chi connectivity index (χ3n) is 0.700. The van der Waals surface area contributed by atoms with E-state index in [-0.39, 0.29) is 0 Å². The molecule has 0 rings (SSSR count). The van der Waals surface area contributed by atoms with Gasteiger partial charge in [0.2, 0.25) is 0 Å². The van der Waals surface area contributed by atoms with Crippen LogP contribution < -0.4 is 0 Å². The summed E-state index contributed by atoms with van der Waals surface area (Å²) in [5.41, 5.74) is 0. The van der Waals surface area contributed by atoms with Gasteiger partial charge in [-0.3, -0.25) is 0 Å². The SMILES string of the molecule is C=C/C=C(\SC)C(=O)O. The van der Waals surface area contributed by atoms with Crippen LogP contribution in [0.5, 0.6) is 0 Å². The topological polar surface area (TPSA) is 37.3 Å². The Balaban J connectivity index is 4.14. The molecule has 0 saturated heterocycles. The highest BCUT2D eigenvalue weighted by Gasteiger charge is 2.01. The predicted octanol–water partition coefficient (Wildman–Crippen LogP) is 1.50. The zero-order valence-electron chi connectivity index (χ0n) is 5.13. The van der Waals surface area contributed by atoms with E-state index in [4.69, 9.17) is 5.11 Å². The Hall–Kier alpha value is -0.700. The van der Waals surface area contributed by atoms with Crippen LogP contribution >= 0.6 is 11.8 Å². The number of rotatable bonds is 3. The van der Waals surface area contributed by atoms with Gasteiger partial charge in [0.15, 0.2) is 0 Å². The minimum Gasteiger partial charge on any atom is -0.477 e. The summed E-state index contributed by atoms with van der Waals surface area (Å²) in [4.78, 5) is 10.5. The van der Waals surface area contributed by atoms with E-state index in [1.54, 1.807) is 6.26 Å². The molecule has 0 aliphatic rings. The molecule has 1 N–H and O–H groups in total. The summed E-state index contributed by atoms with van der Waals surface area (Å²) in [6.07, 6.45) is 4.64. The standard InChI is InChI=1S/C6H8O2S/c1-3-4-5(9-2)6(7)8/h3-4H,1H2,2H3,(H,7,8)/b5-4-. The Labute approximate surface area is 58.3 Å². The lowest BCUT2D eigenvalue weighted by Crippen LogP contribution is -1.94. The Kier molecular flexibility index (Phi) is 3.88. The predicted molar refractivity (Wildman–Crippen MR) is 39.4 cm³/mol. The van der Waals surface area contributed by atoms with Crippen LogP contribution in [0.1, 0.15) is 0 Å². The second kappa shape index (κ2) is 4.21. The molecule has 0 amide bonds. The highest BCUT2D eigenvalue weighted by molar-refractivity contribution is 8.03. The van der Waals surface area contributed by atoms with Crippen molar-refractivity contribution in [1.29, 1.82) is 0 Å². The molecule has 0 atom stereocenters. The normalized spacial score (nSPS) is 11.0. The van der Waals surface area contributed by atoms with Gasteiger partial charge in [-0.15, -0.1) is 11.8 Å². The van der Waals surface area contributed by atoms with Gasteiger partial charge in [0.05, 0.1) is 4.91 Å². The summed E-state index contributed by atoms with van der Waals surface area (Å²) < 4.78 is 0. The lowest BCUT2D eigenvalue weighted by atomic mass is 10.5. The minimum absolute atomic E-state index is 0.310. The second-order valence-electron chi connectivity index (χ2n) is 1.28. The molecule has 0 aromatic carbocycles. The first-order chi connectivity index (χ1) is 4.22. The number of hydrogen-bond acceptors (Lipinski definition) is 2. The average molecular weight is 144 g/mol. The number of thioether (sulfide) groups is 1. The summed E-state index contributed by atoms with van der Waals surface area (Å²) in [6.45, 7) is 3.38. The van der Waals surface area contributed by atoms with Gasteiger partial charge in [-0.05, 0) is 12.3 Å². The fourth-order valence-corrected chi connectivity index (χ4v) is 0.741. The van der Waals surface area contributed by atoms with Crippen molar-refractivity contribution in [2.75, 3.05) is 6.26 Å². The first kappa shape index (κ1) is 8.30. The maximum absolute atomic E-state index is 10.2. The first-order valence-corrected chi connectivity index (χ1v) is 3.55. The highest BCUT2D eigenvalue weighted by atomic mass is 32.2. The van der Waals surface area contributed by atoms with Crippen molar-refractivity contribution >= 4 is 17.7 Å². The number of allylic oxidation sites excluding steroid dienone is 2. The molecule has 0 aliphatic carbocycles. The van der Waals surface area contributed by atoms with Gasteiger partial charge in [-0.1, -0.05) is 12.7 Å². The lowest BCUT2D eigenvalue weighted by molar-refractivity contribution is -0.131. The van der Waals surface area contributed by atoms with Crippen LogP contribution in [0.4, 0.5) is 0 Å². The van der Waals surface area contributed by atoms with Gasteiger partial charge < -0.3 is 5.11 Å². The molecule has 0 fully saturated rings. The van der Waals surface area contributed by atoms with Gasteiger partial charge in [0, 0.05) is 0 Å². The molecule has 0 aromatic rings. The highest BCUT2D eigenvalue weighted by Crippen LogP contribution is 2.10. The van der Waals surface area contributed by atoms with Gasteiger partial charge in [0.1, 0.15) is 0 Å². The van der Waals surface area contributed by atoms with Crippen molar-refractivity contribution in [3.63, 3.8) is 0 Å². The van der Waals surface area contributed by atoms with E-state index in [9.17, 15) is 4.79 Å². The third-order valence-corrected chi connectivity index (χ3v) is 1.45. The maximum Gasteiger partial charge on any atom is 0.342 e. The number of aliphatic carboxylic acids is 1. The molecule has 0 saturated carbocycles. The molecular weight excluding hydrogens is 136 g/mol. The van der Waals surface area contributed by atoms with Crippen molar-refractivity contribution in [2.24, 2.45) is 0 Å². The molecule has 0 radical (unpaired) electrons. The lowest BCUT2D eigenvalue weighted by Gasteiger charge is -1.91. The summed E-state index contributed by atoms with van der Waals surface area (Å²) in [5, 5.41) is 8.37. The summed E-state index contributed by atoms with van der Waals surface area (Å²) in [6, 6.07) is 0. The maximum atomic E-state index is 10.2. The zero-order chi connectivity index (χ0) is 7.28. The first-order valence-electron chi connectivity index (χ1n) is 2.32. The Bertz CT molecular complexity index is 149. The number of hydrogen-bond donors (Lipinski definition) is 1. The van der Waals surface area contributed by atoms with E-state index in [1.807, 2.05) is 0 Å². The molecule has 3 heteroatoms. The van der Waals surface area contributed by atoms with Gasteiger partial charge in [-0.25, -0.2) is 4.79 Å². The van der Waals surface area contributed by atoms with Gasteiger partial charge in [0.25, 0.3) is 0 Å². The summed E-state index contributed by atoms with van der Waals surface area (Å²) >= 11 is 1.19. The zero-order valence-corrected chi connectivity index (χ0v) is 5.94. The van der Waals surface area contributed by atoms with Crippen LogP contribution in [0.2, 0.25) is 0 Å². The fraction of sp³-hybridized carbons (Fsp3) is 0.167. The molecule has 0 heterocycles. The summed E-state index contributed by atoms with van der Waals surface area (Å²) in [5.74, 6) is -0.901. The largest absolute Gasteiger partial charge is 0.477 e. The molecule has 0 bridgehead atoms. The molecule has 2 nitrogen and oxygen atoms in total. The van der Waals surface area contributed by atoms with Crippen LogP contribution in [0.15, 0.2) is 23.6 Å². The van der Waals surface area contributed by atoms with E-state index in [0.717, 1.165) is 0 Å². The van der Waals surface area contributed by atoms with Crippen LogP contribution in [-0.4, -0.2) is 17.3 Å². The minimum atomic E-state index is -0.901. The van der Waals surface area contributed by atoms with Crippen molar-refractivity contribution < 1.29 is 9.90 Å². The van der Waals surface area contributed by atoms with Gasteiger partial charge in [-0.2, -0.15) is 0 Å². The van der Waals surface area contributed by atoms with E-state index < -0.39 is 5.97 Å². The monoisotopic (exact) mass is 144 g/mol. The van der Waals surface area contributed by atoms with Crippen LogP contribution in [0.25, 0.3) is 0 Å². The van der Waals surface area contributed by atoms with Crippen LogP contribution in [0, 0.1) is 0 Å². The molecular formula is C6H8O2S. The van der Waals surface area contributed by atoms with E-state index in [1.165, 1.54) is 23.9 Å². The number of carboxylic acids is 1. The van der Waals surface area contributed by atoms with Gasteiger partial charge >= 0.3 is 5.97 Å². The summed E-state index contributed by atoms with van der Waals surface area (Å²) in [7, 11) is 0. The Morgan fingerprint density at radius 2 is 2.33 bits per heavy atom. The van der Waals surface area contributed by atoms with Crippen molar-refractivity contribution in [2.45, 2.75) is 0 Å². The second-order valence-corrected chi connectivity index (χ2v) is 2.12. The quantitative estimate of drug-likeness (QED) is 0.482.